The molecular formula is C10H6F2N2O. The molecule has 0 aliphatic heterocycles. The number of carbonyl (C=O) groups is 1. The molecule has 1 aromatic carbocycles. The minimum Gasteiger partial charge on any atom is -0.342 e. The van der Waals surface area contributed by atoms with Crippen LogP contribution in [0.1, 0.15) is 10.5 Å². The van der Waals surface area contributed by atoms with Gasteiger partial charge in [-0.15, -0.1) is 0 Å². The van der Waals surface area contributed by atoms with Gasteiger partial charge in [0.15, 0.2) is 6.29 Å². The molecule has 0 aliphatic carbocycles. The van der Waals surface area contributed by atoms with Crippen LogP contribution >= 0.6 is 0 Å². The molecule has 0 unspecified atom stereocenters. The third-order valence-electron chi connectivity index (χ3n) is 1.97. The second kappa shape index (κ2) is 3.61. The third-order valence-corrected chi connectivity index (χ3v) is 1.97. The van der Waals surface area contributed by atoms with E-state index in [1.807, 2.05) is 0 Å². The molecule has 76 valence electrons. The number of nitrogens with zero attached hydrogens (tertiary/aromatic N) is 1. The van der Waals surface area contributed by atoms with Gasteiger partial charge in [0, 0.05) is 5.56 Å². The zero-order chi connectivity index (χ0) is 10.8. The maximum absolute atomic E-state index is 13.3. The molecular weight excluding hydrogens is 202 g/mol. The largest absolute Gasteiger partial charge is 0.342 e. The van der Waals surface area contributed by atoms with Crippen LogP contribution in [0, 0.1) is 11.6 Å². The Kier molecular flexibility index (Phi) is 2.29. The van der Waals surface area contributed by atoms with Crippen LogP contribution in [-0.4, -0.2) is 16.3 Å². The molecule has 0 saturated carbocycles. The van der Waals surface area contributed by atoms with E-state index in [1.165, 1.54) is 6.33 Å². The molecule has 1 aromatic heterocycles. The molecule has 2 aromatic rings. The van der Waals surface area contributed by atoms with Gasteiger partial charge in [-0.25, -0.2) is 13.8 Å². The fraction of sp³-hybridized carbons (Fsp3) is 0. The number of benzene rings is 1. The van der Waals surface area contributed by atoms with Gasteiger partial charge in [0.25, 0.3) is 0 Å². The van der Waals surface area contributed by atoms with Gasteiger partial charge in [0.1, 0.15) is 23.0 Å². The van der Waals surface area contributed by atoms with Gasteiger partial charge in [0.2, 0.25) is 0 Å². The van der Waals surface area contributed by atoms with E-state index >= 15 is 0 Å². The molecule has 2 rings (SSSR count). The number of carbonyl (C=O) groups excluding carboxylic acids is 1. The van der Waals surface area contributed by atoms with Gasteiger partial charge in [0.05, 0.1) is 6.33 Å². The minimum absolute atomic E-state index is 0.0293. The first-order valence-electron chi connectivity index (χ1n) is 4.16. The van der Waals surface area contributed by atoms with Crippen LogP contribution < -0.4 is 0 Å². The number of aromatic nitrogens is 2. The van der Waals surface area contributed by atoms with E-state index < -0.39 is 11.6 Å². The quantitative estimate of drug-likeness (QED) is 0.768. The predicted octanol–water partition coefficient (Wildman–Crippen LogP) is 2.17. The van der Waals surface area contributed by atoms with E-state index in [0.29, 0.717) is 6.29 Å². The summed E-state index contributed by atoms with van der Waals surface area (Å²) in [7, 11) is 0. The number of aldehydes is 1. The van der Waals surface area contributed by atoms with E-state index in [2.05, 4.69) is 9.97 Å². The number of halogens is 2. The Morgan fingerprint density at radius 3 is 2.87 bits per heavy atom. The highest BCUT2D eigenvalue weighted by Crippen LogP contribution is 2.23. The monoisotopic (exact) mass is 208 g/mol. The molecule has 3 nitrogen and oxygen atoms in total. The molecule has 0 saturated heterocycles. The number of hydrogen-bond donors (Lipinski definition) is 1. The van der Waals surface area contributed by atoms with Crippen LogP contribution in [0.25, 0.3) is 11.3 Å². The Hall–Kier alpha value is -2.04. The van der Waals surface area contributed by atoms with Gasteiger partial charge in [-0.05, 0) is 18.2 Å². The van der Waals surface area contributed by atoms with Crippen molar-refractivity contribution < 1.29 is 13.6 Å². The molecule has 15 heavy (non-hydrogen) atoms. The number of H-pyrrole nitrogens is 1. The Labute approximate surface area is 83.8 Å². The summed E-state index contributed by atoms with van der Waals surface area (Å²) in [5.74, 6) is -1.20. The molecule has 0 atom stereocenters. The summed E-state index contributed by atoms with van der Waals surface area (Å²) in [5.41, 5.74) is 0.208. The standard InChI is InChI=1S/C10H6F2N2O/c11-6-1-2-8(12)7(3-6)10-9(4-15)13-5-14-10/h1-5H,(H,13,14). The van der Waals surface area contributed by atoms with Crippen LogP contribution in [0.15, 0.2) is 24.5 Å². The van der Waals surface area contributed by atoms with Crippen molar-refractivity contribution in [2.24, 2.45) is 0 Å². The first kappa shape index (κ1) is 9.51. The van der Waals surface area contributed by atoms with Crippen LogP contribution in [0.2, 0.25) is 0 Å². The van der Waals surface area contributed by atoms with Gasteiger partial charge >= 0.3 is 0 Å². The topological polar surface area (TPSA) is 45.8 Å². The molecule has 0 radical (unpaired) electrons. The summed E-state index contributed by atoms with van der Waals surface area (Å²) in [6, 6.07) is 3.00. The Morgan fingerprint density at radius 1 is 1.33 bits per heavy atom. The summed E-state index contributed by atoms with van der Waals surface area (Å²) in [5, 5.41) is 0. The molecule has 1 heterocycles. The maximum atomic E-state index is 13.3. The Bertz CT molecular complexity index is 508. The van der Waals surface area contributed by atoms with Crippen LogP contribution in [0.5, 0.6) is 0 Å². The highest BCUT2D eigenvalue weighted by atomic mass is 19.1. The Balaban J connectivity index is 2.62. The Morgan fingerprint density at radius 2 is 2.13 bits per heavy atom. The molecule has 5 heteroatoms. The number of aromatic amines is 1. The lowest BCUT2D eigenvalue weighted by Crippen LogP contribution is -1.90. The lowest BCUT2D eigenvalue weighted by molar-refractivity contribution is 0.112. The predicted molar refractivity (Wildman–Crippen MR) is 49.3 cm³/mol. The summed E-state index contributed by atoms with van der Waals surface area (Å²) in [6.45, 7) is 0. The number of rotatable bonds is 2. The van der Waals surface area contributed by atoms with E-state index in [-0.39, 0.29) is 17.0 Å². The second-order valence-electron chi connectivity index (χ2n) is 2.91. The van der Waals surface area contributed by atoms with Gasteiger partial charge < -0.3 is 4.98 Å². The molecule has 0 aliphatic rings. The summed E-state index contributed by atoms with van der Waals surface area (Å²) >= 11 is 0. The summed E-state index contributed by atoms with van der Waals surface area (Å²) in [4.78, 5) is 16.9. The maximum Gasteiger partial charge on any atom is 0.168 e. The van der Waals surface area contributed by atoms with Crippen molar-refractivity contribution in [3.05, 3.63) is 41.9 Å². The molecule has 0 fully saturated rings. The van der Waals surface area contributed by atoms with Crippen molar-refractivity contribution in [3.63, 3.8) is 0 Å². The zero-order valence-corrected chi connectivity index (χ0v) is 7.50. The van der Waals surface area contributed by atoms with Crippen molar-refractivity contribution in [2.45, 2.75) is 0 Å². The number of hydrogen-bond acceptors (Lipinski definition) is 2. The first-order valence-corrected chi connectivity index (χ1v) is 4.16. The SMILES string of the molecule is O=Cc1[nH]cnc1-c1cc(F)ccc1F. The summed E-state index contributed by atoms with van der Waals surface area (Å²) in [6.07, 6.45) is 1.76. The zero-order valence-electron chi connectivity index (χ0n) is 7.50. The normalized spacial score (nSPS) is 10.3. The van der Waals surface area contributed by atoms with Crippen LogP contribution in [-0.2, 0) is 0 Å². The fourth-order valence-corrected chi connectivity index (χ4v) is 1.29. The van der Waals surface area contributed by atoms with Crippen molar-refractivity contribution in [1.82, 2.24) is 9.97 Å². The molecule has 0 amide bonds. The van der Waals surface area contributed by atoms with E-state index in [1.54, 1.807) is 0 Å². The molecule has 1 N–H and O–H groups in total. The smallest absolute Gasteiger partial charge is 0.168 e. The van der Waals surface area contributed by atoms with Crippen LogP contribution in [0.3, 0.4) is 0 Å². The minimum atomic E-state index is -0.619. The fourth-order valence-electron chi connectivity index (χ4n) is 1.29. The van der Waals surface area contributed by atoms with Crippen molar-refractivity contribution in [1.29, 1.82) is 0 Å². The number of nitrogens with one attached hydrogen (secondary N) is 1. The second-order valence-corrected chi connectivity index (χ2v) is 2.91. The molecule has 0 spiro atoms. The van der Waals surface area contributed by atoms with Gasteiger partial charge in [-0.2, -0.15) is 0 Å². The van der Waals surface area contributed by atoms with E-state index in [4.69, 9.17) is 0 Å². The lowest BCUT2D eigenvalue weighted by Gasteiger charge is -2.00. The van der Waals surface area contributed by atoms with Gasteiger partial charge in [-0.1, -0.05) is 0 Å². The molecule has 0 bridgehead atoms. The van der Waals surface area contributed by atoms with E-state index in [0.717, 1.165) is 18.2 Å². The van der Waals surface area contributed by atoms with Crippen molar-refractivity contribution in [2.75, 3.05) is 0 Å². The first-order chi connectivity index (χ1) is 7.22. The van der Waals surface area contributed by atoms with Crippen LogP contribution in [0.4, 0.5) is 8.78 Å². The van der Waals surface area contributed by atoms with Crippen molar-refractivity contribution >= 4 is 6.29 Å². The number of imidazole rings is 1. The highest BCUT2D eigenvalue weighted by molar-refractivity contribution is 5.83. The third kappa shape index (κ3) is 1.63. The average Bonchev–Trinajstić information content (AvgIpc) is 2.69. The van der Waals surface area contributed by atoms with Crippen molar-refractivity contribution in [3.8, 4) is 11.3 Å². The summed E-state index contributed by atoms with van der Waals surface area (Å²) < 4.78 is 26.2. The highest BCUT2D eigenvalue weighted by Gasteiger charge is 2.12. The van der Waals surface area contributed by atoms with E-state index in [9.17, 15) is 13.6 Å². The average molecular weight is 208 g/mol. The van der Waals surface area contributed by atoms with Gasteiger partial charge in [-0.3, -0.25) is 4.79 Å². The lowest BCUT2D eigenvalue weighted by atomic mass is 10.1.